The molecule has 1 fully saturated rings. The normalized spacial score (nSPS) is 22.1. The number of aryl methyl sites for hydroxylation is 1. The van der Waals surface area contributed by atoms with Gasteiger partial charge in [0, 0.05) is 12.0 Å². The summed E-state index contributed by atoms with van der Waals surface area (Å²) in [6.07, 6.45) is 3.05. The number of aliphatic hydroxyl groups excluding tert-OH is 1. The van der Waals surface area contributed by atoms with Crippen molar-refractivity contribution in [2.45, 2.75) is 38.5 Å². The number of aromatic nitrogens is 2. The molecule has 0 saturated heterocycles. The van der Waals surface area contributed by atoms with Gasteiger partial charge in [0.15, 0.2) is 0 Å². The average molecular weight is 370 g/mol. The average Bonchev–Trinajstić information content (AvgIpc) is 3.24. The molecule has 3 rings (SSSR count). The van der Waals surface area contributed by atoms with Gasteiger partial charge in [0.25, 0.3) is 0 Å². The van der Waals surface area contributed by atoms with E-state index >= 15 is 0 Å². The first kappa shape index (κ1) is 18.8. The van der Waals surface area contributed by atoms with E-state index in [4.69, 9.17) is 0 Å². The van der Waals surface area contributed by atoms with E-state index in [0.29, 0.717) is 24.2 Å². The Morgan fingerprint density at radius 2 is 2.04 bits per heavy atom. The zero-order chi connectivity index (χ0) is 19.2. The SMILES string of the molecule is Cc1nonc1CNC(=O)[C@H]1C[C@H](NC(=O)C=Cc2ccccc2)[C@@H](O)C1. The summed E-state index contributed by atoms with van der Waals surface area (Å²) in [7, 11) is 0. The van der Waals surface area contributed by atoms with Crippen molar-refractivity contribution in [3.63, 3.8) is 0 Å². The molecule has 142 valence electrons. The Morgan fingerprint density at radius 3 is 2.74 bits per heavy atom. The van der Waals surface area contributed by atoms with Crippen molar-refractivity contribution in [3.8, 4) is 0 Å². The summed E-state index contributed by atoms with van der Waals surface area (Å²) in [6, 6.07) is 9.00. The molecule has 8 nitrogen and oxygen atoms in total. The summed E-state index contributed by atoms with van der Waals surface area (Å²) in [4.78, 5) is 24.4. The van der Waals surface area contributed by atoms with Crippen LogP contribution in [0.5, 0.6) is 0 Å². The second-order valence-electron chi connectivity index (χ2n) is 6.61. The van der Waals surface area contributed by atoms with Crippen LogP contribution in [0.1, 0.15) is 29.8 Å². The second-order valence-corrected chi connectivity index (χ2v) is 6.61. The van der Waals surface area contributed by atoms with E-state index in [1.807, 2.05) is 30.3 Å². The van der Waals surface area contributed by atoms with Gasteiger partial charge in [-0.15, -0.1) is 0 Å². The van der Waals surface area contributed by atoms with E-state index < -0.39 is 12.1 Å². The molecule has 3 N–H and O–H groups in total. The smallest absolute Gasteiger partial charge is 0.244 e. The molecule has 0 radical (unpaired) electrons. The number of nitrogens with zero attached hydrogens (tertiary/aromatic N) is 2. The molecule has 3 atom stereocenters. The number of carbonyl (C=O) groups is 2. The van der Waals surface area contributed by atoms with Gasteiger partial charge in [-0.3, -0.25) is 9.59 Å². The molecule has 1 aliphatic rings. The molecule has 1 aromatic heterocycles. The number of hydrogen-bond acceptors (Lipinski definition) is 6. The number of aliphatic hydroxyl groups is 1. The predicted molar refractivity (Wildman–Crippen MR) is 97.0 cm³/mol. The van der Waals surface area contributed by atoms with Crippen molar-refractivity contribution < 1.29 is 19.3 Å². The molecule has 0 spiro atoms. The van der Waals surface area contributed by atoms with Crippen molar-refractivity contribution in [1.29, 1.82) is 0 Å². The van der Waals surface area contributed by atoms with Gasteiger partial charge < -0.3 is 15.7 Å². The summed E-state index contributed by atoms with van der Waals surface area (Å²) in [5, 5.41) is 23.1. The molecule has 27 heavy (non-hydrogen) atoms. The minimum Gasteiger partial charge on any atom is -0.391 e. The summed E-state index contributed by atoms with van der Waals surface area (Å²) in [5.74, 6) is -0.857. The van der Waals surface area contributed by atoms with Gasteiger partial charge in [-0.2, -0.15) is 0 Å². The lowest BCUT2D eigenvalue weighted by atomic mass is 10.1. The van der Waals surface area contributed by atoms with Crippen LogP contribution in [0.2, 0.25) is 0 Å². The third-order valence-corrected chi connectivity index (χ3v) is 4.63. The lowest BCUT2D eigenvalue weighted by molar-refractivity contribution is -0.125. The Balaban J connectivity index is 1.48. The topological polar surface area (TPSA) is 117 Å². The number of hydrogen-bond donors (Lipinski definition) is 3. The highest BCUT2D eigenvalue weighted by Crippen LogP contribution is 2.26. The molecule has 1 heterocycles. The van der Waals surface area contributed by atoms with Crippen LogP contribution in [0, 0.1) is 12.8 Å². The van der Waals surface area contributed by atoms with Gasteiger partial charge in [0.2, 0.25) is 11.8 Å². The Morgan fingerprint density at radius 1 is 1.26 bits per heavy atom. The van der Waals surface area contributed by atoms with Crippen LogP contribution < -0.4 is 10.6 Å². The third kappa shape index (κ3) is 5.01. The molecule has 2 aromatic rings. The van der Waals surface area contributed by atoms with Gasteiger partial charge >= 0.3 is 0 Å². The van der Waals surface area contributed by atoms with E-state index in [1.165, 1.54) is 6.08 Å². The number of carbonyl (C=O) groups excluding carboxylic acids is 2. The third-order valence-electron chi connectivity index (χ3n) is 4.63. The summed E-state index contributed by atoms with van der Waals surface area (Å²) in [6.45, 7) is 1.96. The second kappa shape index (κ2) is 8.59. The monoisotopic (exact) mass is 370 g/mol. The van der Waals surface area contributed by atoms with Crippen molar-refractivity contribution >= 4 is 17.9 Å². The molecule has 0 aliphatic heterocycles. The van der Waals surface area contributed by atoms with E-state index in [-0.39, 0.29) is 24.3 Å². The first-order valence-electron chi connectivity index (χ1n) is 8.80. The van der Waals surface area contributed by atoms with E-state index in [9.17, 15) is 14.7 Å². The Labute approximate surface area is 156 Å². The van der Waals surface area contributed by atoms with Crippen LogP contribution in [0.3, 0.4) is 0 Å². The van der Waals surface area contributed by atoms with Crippen LogP contribution in [0.25, 0.3) is 6.08 Å². The van der Waals surface area contributed by atoms with Crippen molar-refractivity contribution in [1.82, 2.24) is 20.9 Å². The molecule has 0 bridgehead atoms. The summed E-state index contributed by atoms with van der Waals surface area (Å²) >= 11 is 0. The van der Waals surface area contributed by atoms with Gasteiger partial charge in [0.05, 0.1) is 18.7 Å². The molecule has 1 saturated carbocycles. The lowest BCUT2D eigenvalue weighted by Gasteiger charge is -2.14. The van der Waals surface area contributed by atoms with Crippen LogP contribution in [-0.2, 0) is 16.1 Å². The van der Waals surface area contributed by atoms with Gasteiger partial charge in [-0.05, 0) is 31.4 Å². The maximum atomic E-state index is 12.3. The fraction of sp³-hybridized carbons (Fsp3) is 0.368. The van der Waals surface area contributed by atoms with Gasteiger partial charge in [-0.1, -0.05) is 40.6 Å². The minimum atomic E-state index is -0.759. The lowest BCUT2D eigenvalue weighted by Crippen LogP contribution is -2.39. The molecule has 1 aromatic carbocycles. The van der Waals surface area contributed by atoms with Crippen LogP contribution in [0.4, 0.5) is 0 Å². The standard InChI is InChI=1S/C19H22N4O4/c1-12-16(23-27-22-12)11-20-19(26)14-9-15(17(24)10-14)21-18(25)8-7-13-5-3-2-4-6-13/h2-8,14-15,17,24H,9-11H2,1H3,(H,20,26)(H,21,25)/t14-,15-,17-/m0/s1. The quantitative estimate of drug-likeness (QED) is 0.652. The first-order valence-corrected chi connectivity index (χ1v) is 8.80. The van der Waals surface area contributed by atoms with Crippen molar-refractivity contribution in [2.75, 3.05) is 0 Å². The highest BCUT2D eigenvalue weighted by atomic mass is 16.6. The Hall–Kier alpha value is -3.00. The van der Waals surface area contributed by atoms with Crippen LogP contribution in [-0.4, -0.2) is 39.4 Å². The number of benzene rings is 1. The highest BCUT2D eigenvalue weighted by molar-refractivity contribution is 5.92. The maximum absolute atomic E-state index is 12.3. The van der Waals surface area contributed by atoms with Crippen molar-refractivity contribution in [2.24, 2.45) is 5.92 Å². The van der Waals surface area contributed by atoms with Crippen LogP contribution >= 0.6 is 0 Å². The minimum absolute atomic E-state index is 0.187. The molecule has 8 heteroatoms. The largest absolute Gasteiger partial charge is 0.391 e. The number of nitrogens with one attached hydrogen (secondary N) is 2. The zero-order valence-electron chi connectivity index (χ0n) is 15.0. The van der Waals surface area contributed by atoms with Gasteiger partial charge in [0.1, 0.15) is 11.4 Å². The maximum Gasteiger partial charge on any atom is 0.244 e. The number of rotatable bonds is 6. The van der Waals surface area contributed by atoms with E-state index in [2.05, 4.69) is 25.6 Å². The Kier molecular flexibility index (Phi) is 5.97. The fourth-order valence-electron chi connectivity index (χ4n) is 3.08. The first-order chi connectivity index (χ1) is 13.0. The molecular weight excluding hydrogens is 348 g/mol. The van der Waals surface area contributed by atoms with Gasteiger partial charge in [-0.25, -0.2) is 4.63 Å². The molecule has 0 unspecified atom stereocenters. The van der Waals surface area contributed by atoms with E-state index in [1.54, 1.807) is 13.0 Å². The molecule has 2 amide bonds. The number of amides is 2. The highest BCUT2D eigenvalue weighted by Gasteiger charge is 2.37. The van der Waals surface area contributed by atoms with Crippen molar-refractivity contribution in [3.05, 3.63) is 53.4 Å². The zero-order valence-corrected chi connectivity index (χ0v) is 15.0. The summed E-state index contributed by atoms with van der Waals surface area (Å²) < 4.78 is 4.59. The molecular formula is C19H22N4O4. The summed E-state index contributed by atoms with van der Waals surface area (Å²) in [5.41, 5.74) is 2.10. The Bertz CT molecular complexity index is 818. The fourth-order valence-corrected chi connectivity index (χ4v) is 3.08. The van der Waals surface area contributed by atoms with Crippen LogP contribution in [0.15, 0.2) is 41.0 Å². The van der Waals surface area contributed by atoms with E-state index in [0.717, 1.165) is 5.56 Å². The predicted octanol–water partition coefficient (Wildman–Crippen LogP) is 0.963. The molecule has 1 aliphatic carbocycles.